The number of ether oxygens (including phenoxy) is 1. The monoisotopic (exact) mass is 390 g/mol. The fraction of sp³-hybridized carbons (Fsp3) is 0.182. The number of hydrazone groups is 1. The van der Waals surface area contributed by atoms with Crippen LogP contribution in [-0.4, -0.2) is 22.4 Å². The highest BCUT2D eigenvalue weighted by Gasteiger charge is 2.10. The Kier molecular flexibility index (Phi) is 5.12. The second-order valence-corrected chi connectivity index (χ2v) is 7.48. The first-order chi connectivity index (χ1) is 13.7. The van der Waals surface area contributed by atoms with Crippen molar-refractivity contribution in [3.8, 4) is 11.4 Å². The van der Waals surface area contributed by atoms with Crippen molar-refractivity contribution in [3.63, 3.8) is 0 Å². The van der Waals surface area contributed by atoms with E-state index in [1.807, 2.05) is 43.5 Å². The number of benzene rings is 2. The Bertz CT molecular complexity index is 1090. The smallest absolute Gasteiger partial charge is 0.204 e. The second kappa shape index (κ2) is 7.86. The Morgan fingerprint density at radius 1 is 1.14 bits per heavy atom. The minimum atomic E-state index is 0.670. The Balaban J connectivity index is 1.54. The first-order valence-electron chi connectivity index (χ1n) is 9.22. The Hall–Kier alpha value is -3.12. The third-order valence-corrected chi connectivity index (χ3v) is 5.47. The minimum absolute atomic E-state index is 0.670. The van der Waals surface area contributed by atoms with E-state index in [1.165, 1.54) is 0 Å². The molecule has 0 atom stereocenters. The summed E-state index contributed by atoms with van der Waals surface area (Å²) in [5.74, 6) is 0.885. The maximum Gasteiger partial charge on any atom is 0.204 e. The molecule has 0 aliphatic carbocycles. The van der Waals surface area contributed by atoms with Gasteiger partial charge in [0.2, 0.25) is 5.13 Å². The largest absolute Gasteiger partial charge is 0.494 e. The molecule has 2 heterocycles. The molecule has 0 spiro atoms. The van der Waals surface area contributed by atoms with E-state index < -0.39 is 0 Å². The van der Waals surface area contributed by atoms with Gasteiger partial charge >= 0.3 is 0 Å². The van der Waals surface area contributed by atoms with E-state index in [2.05, 4.69) is 58.2 Å². The maximum atomic E-state index is 5.54. The summed E-state index contributed by atoms with van der Waals surface area (Å²) >= 11 is 1.59. The van der Waals surface area contributed by atoms with Crippen LogP contribution in [0.4, 0.5) is 5.13 Å². The van der Waals surface area contributed by atoms with Crippen molar-refractivity contribution in [2.75, 3.05) is 12.0 Å². The number of fused-ring (bicyclic) bond motifs is 1. The minimum Gasteiger partial charge on any atom is -0.494 e. The van der Waals surface area contributed by atoms with Crippen LogP contribution in [0.3, 0.4) is 0 Å². The number of thiazole rings is 1. The first-order valence-corrected chi connectivity index (χ1v) is 10.0. The molecule has 0 aliphatic heterocycles. The number of hydrogen-bond donors (Lipinski definition) is 1. The van der Waals surface area contributed by atoms with Crippen LogP contribution in [0.2, 0.25) is 0 Å². The summed E-state index contributed by atoms with van der Waals surface area (Å²) in [7, 11) is 0. The molecule has 6 heteroatoms. The highest BCUT2D eigenvalue weighted by molar-refractivity contribution is 7.22. The van der Waals surface area contributed by atoms with Crippen molar-refractivity contribution in [1.29, 1.82) is 0 Å². The van der Waals surface area contributed by atoms with Crippen molar-refractivity contribution < 1.29 is 4.74 Å². The van der Waals surface area contributed by atoms with Crippen molar-refractivity contribution in [3.05, 3.63) is 71.5 Å². The van der Waals surface area contributed by atoms with Crippen molar-refractivity contribution in [1.82, 2.24) is 9.55 Å². The zero-order chi connectivity index (χ0) is 19.5. The summed E-state index contributed by atoms with van der Waals surface area (Å²) in [6.45, 7) is 6.86. The SMILES string of the molecule is CCOc1ccc(-n2c(C)cc(/C=N\Nc3nc4ccccc4s3)c2C)cc1. The number of rotatable bonds is 6. The zero-order valence-corrected chi connectivity index (χ0v) is 17.0. The van der Waals surface area contributed by atoms with Gasteiger partial charge in [0.05, 0.1) is 23.0 Å². The van der Waals surface area contributed by atoms with Crippen LogP contribution in [0.5, 0.6) is 5.75 Å². The quantitative estimate of drug-likeness (QED) is 0.347. The lowest BCUT2D eigenvalue weighted by Gasteiger charge is -2.10. The van der Waals surface area contributed by atoms with Gasteiger partial charge in [0, 0.05) is 22.6 Å². The van der Waals surface area contributed by atoms with Gasteiger partial charge < -0.3 is 9.30 Å². The summed E-state index contributed by atoms with van der Waals surface area (Å²) in [6, 6.07) is 18.4. The molecular formula is C22H22N4OS. The second-order valence-electron chi connectivity index (χ2n) is 6.45. The van der Waals surface area contributed by atoms with Gasteiger partial charge in [0.1, 0.15) is 5.75 Å². The third kappa shape index (κ3) is 3.64. The molecule has 4 rings (SSSR count). The molecule has 28 heavy (non-hydrogen) atoms. The number of aryl methyl sites for hydroxylation is 1. The molecule has 0 fully saturated rings. The molecule has 1 N–H and O–H groups in total. The molecule has 0 saturated heterocycles. The molecular weight excluding hydrogens is 368 g/mol. The molecule has 0 unspecified atom stereocenters. The van der Waals surface area contributed by atoms with Crippen LogP contribution in [0.25, 0.3) is 15.9 Å². The van der Waals surface area contributed by atoms with Crippen LogP contribution in [-0.2, 0) is 0 Å². The predicted molar refractivity (Wildman–Crippen MR) is 117 cm³/mol. The summed E-state index contributed by atoms with van der Waals surface area (Å²) in [5, 5.41) is 5.18. The Labute approximate surface area is 168 Å². The van der Waals surface area contributed by atoms with Crippen molar-refractivity contribution in [2.24, 2.45) is 5.10 Å². The highest BCUT2D eigenvalue weighted by atomic mass is 32.1. The Morgan fingerprint density at radius 2 is 1.93 bits per heavy atom. The molecule has 142 valence electrons. The van der Waals surface area contributed by atoms with E-state index in [4.69, 9.17) is 4.74 Å². The topological polar surface area (TPSA) is 51.4 Å². The first kappa shape index (κ1) is 18.3. The van der Waals surface area contributed by atoms with Gasteiger partial charge in [-0.2, -0.15) is 5.10 Å². The number of nitrogens with one attached hydrogen (secondary N) is 1. The van der Waals surface area contributed by atoms with E-state index >= 15 is 0 Å². The third-order valence-electron chi connectivity index (χ3n) is 4.53. The van der Waals surface area contributed by atoms with Gasteiger partial charge in [-0.05, 0) is 63.2 Å². The van der Waals surface area contributed by atoms with Gasteiger partial charge in [0.25, 0.3) is 0 Å². The normalized spacial score (nSPS) is 11.4. The van der Waals surface area contributed by atoms with Crippen LogP contribution < -0.4 is 10.2 Å². The predicted octanol–water partition coefficient (Wildman–Crippen LogP) is 5.55. The van der Waals surface area contributed by atoms with E-state index in [1.54, 1.807) is 11.3 Å². The molecule has 0 aliphatic rings. The van der Waals surface area contributed by atoms with Crippen LogP contribution in [0.15, 0.2) is 59.7 Å². The van der Waals surface area contributed by atoms with Gasteiger partial charge in [-0.3, -0.25) is 5.43 Å². The maximum absolute atomic E-state index is 5.54. The van der Waals surface area contributed by atoms with Gasteiger partial charge in [-0.25, -0.2) is 4.98 Å². The molecule has 0 amide bonds. The zero-order valence-electron chi connectivity index (χ0n) is 16.1. The summed E-state index contributed by atoms with van der Waals surface area (Å²) < 4.78 is 8.90. The number of para-hydroxylation sites is 1. The lowest BCUT2D eigenvalue weighted by molar-refractivity contribution is 0.340. The van der Waals surface area contributed by atoms with Crippen LogP contribution >= 0.6 is 11.3 Å². The summed E-state index contributed by atoms with van der Waals surface area (Å²) in [4.78, 5) is 4.54. The summed E-state index contributed by atoms with van der Waals surface area (Å²) in [6.07, 6.45) is 1.85. The van der Waals surface area contributed by atoms with Crippen molar-refractivity contribution in [2.45, 2.75) is 20.8 Å². The van der Waals surface area contributed by atoms with E-state index in [0.29, 0.717) is 6.61 Å². The molecule has 0 bridgehead atoms. The number of nitrogens with zero attached hydrogens (tertiary/aromatic N) is 3. The van der Waals surface area contributed by atoms with Gasteiger partial charge in [-0.15, -0.1) is 0 Å². The van der Waals surface area contributed by atoms with Crippen molar-refractivity contribution >= 4 is 32.9 Å². The fourth-order valence-corrected chi connectivity index (χ4v) is 4.07. The molecule has 0 saturated carbocycles. The average Bonchev–Trinajstić information content (AvgIpc) is 3.23. The van der Waals surface area contributed by atoms with Gasteiger partial charge in [0.15, 0.2) is 0 Å². The number of aromatic nitrogens is 2. The van der Waals surface area contributed by atoms with E-state index in [9.17, 15) is 0 Å². The lowest BCUT2D eigenvalue weighted by atomic mass is 10.2. The molecule has 2 aromatic carbocycles. The highest BCUT2D eigenvalue weighted by Crippen LogP contribution is 2.25. The Morgan fingerprint density at radius 3 is 2.68 bits per heavy atom. The number of anilines is 1. The molecule has 4 aromatic rings. The molecule has 2 aromatic heterocycles. The molecule has 0 radical (unpaired) electrons. The molecule has 5 nitrogen and oxygen atoms in total. The number of hydrogen-bond acceptors (Lipinski definition) is 5. The fourth-order valence-electron chi connectivity index (χ4n) is 3.25. The van der Waals surface area contributed by atoms with Gasteiger partial charge in [-0.1, -0.05) is 23.5 Å². The van der Waals surface area contributed by atoms with E-state index in [0.717, 1.165) is 43.7 Å². The van der Waals surface area contributed by atoms with Crippen LogP contribution in [0.1, 0.15) is 23.9 Å². The van der Waals surface area contributed by atoms with E-state index in [-0.39, 0.29) is 0 Å². The summed E-state index contributed by atoms with van der Waals surface area (Å²) in [5.41, 5.74) is 8.51. The average molecular weight is 391 g/mol. The standard InChI is InChI=1S/C22H22N4OS/c1-4-27-19-11-9-18(10-12-19)26-15(2)13-17(16(26)3)14-23-25-22-24-20-7-5-6-8-21(20)28-22/h5-14H,4H2,1-3H3,(H,24,25)/b23-14-. The van der Waals surface area contributed by atoms with Crippen LogP contribution in [0, 0.1) is 13.8 Å². The lowest BCUT2D eigenvalue weighted by Crippen LogP contribution is -2.00.